The van der Waals surface area contributed by atoms with Gasteiger partial charge in [-0.2, -0.15) is 5.10 Å². The van der Waals surface area contributed by atoms with Crippen LogP contribution in [0, 0.1) is 11.7 Å². The third-order valence-corrected chi connectivity index (χ3v) is 7.68. The number of aliphatic hydroxyl groups excluding tert-OH is 1. The maximum absolute atomic E-state index is 13.4. The molecule has 0 atom stereocenters. The molecule has 0 aliphatic carbocycles. The van der Waals surface area contributed by atoms with Crippen LogP contribution in [0.15, 0.2) is 43.0 Å². The highest BCUT2D eigenvalue weighted by atomic mass is 32.1. The van der Waals surface area contributed by atoms with Crippen molar-refractivity contribution in [3.05, 3.63) is 53.7 Å². The number of hydrogen-bond donors (Lipinski definition) is 3. The summed E-state index contributed by atoms with van der Waals surface area (Å²) < 4.78 is 26.8. The average Bonchev–Trinajstić information content (AvgIpc) is 3.55. The number of ether oxygens (including phenoxy) is 2. The fraction of sp³-hybridized carbons (Fsp3) is 0.407. The fourth-order valence-corrected chi connectivity index (χ4v) is 5.50. The zero-order valence-electron chi connectivity index (χ0n) is 22.2. The molecule has 3 aromatic heterocycles. The van der Waals surface area contributed by atoms with Gasteiger partial charge in [-0.1, -0.05) is 6.07 Å². The van der Waals surface area contributed by atoms with E-state index in [4.69, 9.17) is 9.47 Å². The zero-order chi connectivity index (χ0) is 27.9. The Morgan fingerprint density at radius 3 is 2.90 bits per heavy atom. The molecule has 4 heterocycles. The van der Waals surface area contributed by atoms with Crippen molar-refractivity contribution >= 4 is 39.4 Å². The number of hydrogen-bond acceptors (Lipinski definition) is 10. The van der Waals surface area contributed by atoms with Crippen LogP contribution in [-0.4, -0.2) is 75.5 Å². The van der Waals surface area contributed by atoms with Crippen LogP contribution in [0.3, 0.4) is 0 Å². The van der Waals surface area contributed by atoms with Gasteiger partial charge in [0, 0.05) is 29.9 Å². The Morgan fingerprint density at radius 1 is 1.27 bits per heavy atom. The van der Waals surface area contributed by atoms with Crippen LogP contribution in [0.2, 0.25) is 0 Å². The van der Waals surface area contributed by atoms with Crippen molar-refractivity contribution in [1.29, 1.82) is 0 Å². The van der Waals surface area contributed by atoms with Gasteiger partial charge in [0.1, 0.15) is 12.1 Å². The predicted molar refractivity (Wildman–Crippen MR) is 150 cm³/mol. The van der Waals surface area contributed by atoms with Crippen molar-refractivity contribution in [3.8, 4) is 11.5 Å². The smallest absolute Gasteiger partial charge is 0.229 e. The minimum absolute atomic E-state index is 0.0981. The van der Waals surface area contributed by atoms with E-state index in [2.05, 4.69) is 30.6 Å². The lowest BCUT2D eigenvalue weighted by Gasteiger charge is -2.30. The molecule has 1 aromatic carbocycles. The Hall–Kier alpha value is -3.81. The molecule has 11 nitrogen and oxygen atoms in total. The number of nitrogens with one attached hydrogen (secondary N) is 2. The molecule has 1 saturated heterocycles. The zero-order valence-corrected chi connectivity index (χ0v) is 23.0. The number of methoxy groups -OCH3 is 1. The van der Waals surface area contributed by atoms with E-state index < -0.39 is 5.82 Å². The fourth-order valence-electron chi connectivity index (χ4n) is 4.69. The monoisotopic (exact) mass is 569 g/mol. The summed E-state index contributed by atoms with van der Waals surface area (Å²) in [4.78, 5) is 24.3. The number of fused-ring (bicyclic) bond motifs is 1. The van der Waals surface area contributed by atoms with Gasteiger partial charge in [-0.3, -0.25) is 4.79 Å². The molecule has 1 fully saturated rings. The molecule has 0 unspecified atom stereocenters. The first-order valence-electron chi connectivity index (χ1n) is 13.2. The molecule has 0 saturated carbocycles. The number of amides is 1. The molecule has 13 heteroatoms. The minimum atomic E-state index is -0.414. The first-order valence-corrected chi connectivity index (χ1v) is 14.0. The van der Waals surface area contributed by atoms with Crippen LogP contribution < -0.4 is 20.1 Å². The van der Waals surface area contributed by atoms with Crippen LogP contribution in [0.25, 0.3) is 5.52 Å². The highest BCUT2D eigenvalue weighted by Crippen LogP contribution is 2.38. The molecule has 4 aromatic rings. The van der Waals surface area contributed by atoms with Crippen molar-refractivity contribution in [1.82, 2.24) is 24.5 Å². The lowest BCUT2D eigenvalue weighted by atomic mass is 9.98. The molecule has 3 N–H and O–H groups in total. The molecule has 0 spiro atoms. The highest BCUT2D eigenvalue weighted by Gasteiger charge is 2.21. The number of piperidine rings is 1. The average molecular weight is 570 g/mol. The molecule has 212 valence electrons. The third-order valence-electron chi connectivity index (χ3n) is 6.76. The van der Waals surface area contributed by atoms with E-state index in [9.17, 15) is 14.3 Å². The predicted octanol–water partition coefficient (Wildman–Crippen LogP) is 3.73. The van der Waals surface area contributed by atoms with Gasteiger partial charge in [-0.25, -0.2) is 18.9 Å². The third kappa shape index (κ3) is 6.84. The number of nitrogens with zero attached hydrogens (tertiary/aromatic N) is 5. The van der Waals surface area contributed by atoms with E-state index in [1.165, 1.54) is 29.8 Å². The minimum Gasteiger partial charge on any atom is -0.491 e. The summed E-state index contributed by atoms with van der Waals surface area (Å²) in [6, 6.07) is 5.76. The molecular weight excluding hydrogens is 537 g/mol. The Labute approximate surface area is 235 Å². The molecule has 0 radical (unpaired) electrons. The molecule has 5 rings (SSSR count). The normalized spacial score (nSPS) is 14.4. The number of anilines is 3. The van der Waals surface area contributed by atoms with Gasteiger partial charge in [-0.15, -0.1) is 11.3 Å². The van der Waals surface area contributed by atoms with Gasteiger partial charge in [0.25, 0.3) is 0 Å². The number of thiazole rings is 1. The van der Waals surface area contributed by atoms with E-state index >= 15 is 0 Å². The summed E-state index contributed by atoms with van der Waals surface area (Å²) in [5, 5.41) is 20.1. The first-order chi connectivity index (χ1) is 19.5. The van der Waals surface area contributed by atoms with Crippen molar-refractivity contribution in [2.75, 3.05) is 50.6 Å². The number of likely N-dealkylation sites (tertiary alicyclic amines) is 1. The molecule has 1 amide bonds. The largest absolute Gasteiger partial charge is 0.491 e. The lowest BCUT2D eigenvalue weighted by Crippen LogP contribution is -2.35. The van der Waals surface area contributed by atoms with E-state index in [0.29, 0.717) is 46.2 Å². The number of carbonyl (C=O) groups is 1. The van der Waals surface area contributed by atoms with E-state index in [-0.39, 0.29) is 18.9 Å². The maximum Gasteiger partial charge on any atom is 0.229 e. The van der Waals surface area contributed by atoms with Gasteiger partial charge in [0.2, 0.25) is 5.91 Å². The van der Waals surface area contributed by atoms with Gasteiger partial charge in [0.15, 0.2) is 28.0 Å². The summed E-state index contributed by atoms with van der Waals surface area (Å²) in [6.45, 7) is 3.75. The van der Waals surface area contributed by atoms with E-state index in [0.717, 1.165) is 43.8 Å². The van der Waals surface area contributed by atoms with Crippen LogP contribution >= 0.6 is 11.3 Å². The molecule has 40 heavy (non-hydrogen) atoms. The quantitative estimate of drug-likeness (QED) is 0.219. The van der Waals surface area contributed by atoms with Gasteiger partial charge >= 0.3 is 0 Å². The summed E-state index contributed by atoms with van der Waals surface area (Å²) in [5.41, 5.74) is 1.00. The van der Waals surface area contributed by atoms with Gasteiger partial charge in [0.05, 0.1) is 26.3 Å². The summed E-state index contributed by atoms with van der Waals surface area (Å²) in [7, 11) is 1.57. The Bertz CT molecular complexity index is 1440. The topological polar surface area (TPSA) is 126 Å². The maximum atomic E-state index is 13.4. The number of aromatic nitrogens is 4. The number of carbonyl (C=O) groups excluding carboxylic acids is 1. The first kappa shape index (κ1) is 27.7. The second-order valence-corrected chi connectivity index (χ2v) is 10.7. The number of aliphatic hydroxyl groups is 1. The Kier molecular flexibility index (Phi) is 9.04. The molecule has 1 aliphatic heterocycles. The number of benzene rings is 1. The Balaban J connectivity index is 1.19. The van der Waals surface area contributed by atoms with Crippen molar-refractivity contribution in [3.63, 3.8) is 0 Å². The molecular formula is C27H32FN7O4S. The van der Waals surface area contributed by atoms with Crippen molar-refractivity contribution in [2.24, 2.45) is 5.92 Å². The van der Waals surface area contributed by atoms with Gasteiger partial charge < -0.3 is 30.1 Å². The number of rotatable bonds is 12. The van der Waals surface area contributed by atoms with Crippen LogP contribution in [0.1, 0.15) is 24.1 Å². The van der Waals surface area contributed by atoms with E-state index in [1.54, 1.807) is 36.2 Å². The summed E-state index contributed by atoms with van der Waals surface area (Å²) in [5.74, 6) is 1.31. The second-order valence-electron chi connectivity index (χ2n) is 9.59. The van der Waals surface area contributed by atoms with Crippen LogP contribution in [0.5, 0.6) is 11.5 Å². The van der Waals surface area contributed by atoms with E-state index in [1.807, 2.05) is 0 Å². The summed E-state index contributed by atoms with van der Waals surface area (Å²) in [6.07, 6.45) is 7.84. The second kappa shape index (κ2) is 13.0. The molecule has 0 bridgehead atoms. The van der Waals surface area contributed by atoms with Crippen LogP contribution in [0.4, 0.5) is 21.0 Å². The standard InChI is InChI=1S/C27H32FN7O4S/c1-38-25-22(39-11-3-8-34-9-6-18(16-36)7-10-34)15-35-24(25)26(30-17-31-35)33-27-29-14-21(40-27)13-23(37)32-20-5-2-4-19(28)12-20/h2,4-5,12,14-15,17-18,36H,3,6-11,13,16H2,1H3,(H,32,37)(H,29,30,31,33). The molecule has 1 aliphatic rings. The number of halogens is 1. The lowest BCUT2D eigenvalue weighted by molar-refractivity contribution is -0.115. The highest BCUT2D eigenvalue weighted by molar-refractivity contribution is 7.15. The Morgan fingerprint density at radius 2 is 2.12 bits per heavy atom. The van der Waals surface area contributed by atoms with Crippen LogP contribution in [-0.2, 0) is 11.2 Å². The van der Waals surface area contributed by atoms with Gasteiger partial charge in [-0.05, 0) is 56.5 Å². The SMILES string of the molecule is COc1c(OCCCN2CCC(CO)CC2)cn2ncnc(Nc3ncc(CC(=O)Nc4cccc(F)c4)s3)c12. The van der Waals surface area contributed by atoms with Crippen molar-refractivity contribution < 1.29 is 23.8 Å². The summed E-state index contributed by atoms with van der Waals surface area (Å²) >= 11 is 1.31. The van der Waals surface area contributed by atoms with Crippen molar-refractivity contribution in [2.45, 2.75) is 25.7 Å².